The fourth-order valence-electron chi connectivity index (χ4n) is 1.88. The highest BCUT2D eigenvalue weighted by atomic mass is 14.6. The molecule has 14 heavy (non-hydrogen) atoms. The van der Waals surface area contributed by atoms with Crippen LogP contribution >= 0.6 is 0 Å². The Bertz CT molecular complexity index is 264. The highest BCUT2D eigenvalue weighted by molar-refractivity contribution is 5.15. The zero-order valence-corrected chi connectivity index (χ0v) is 8.65. The molecule has 1 saturated carbocycles. The fourth-order valence-corrected chi connectivity index (χ4v) is 1.88. The maximum absolute atomic E-state index is 6.08. The van der Waals surface area contributed by atoms with E-state index in [4.69, 9.17) is 5.73 Å². The van der Waals surface area contributed by atoms with E-state index in [1.165, 1.54) is 31.2 Å². The van der Waals surface area contributed by atoms with E-state index in [1.807, 2.05) is 0 Å². The monoisotopic (exact) mass is 189 g/mol. The minimum absolute atomic E-state index is 0.359. The average Bonchev–Trinajstić information content (AvgIpc) is 3.00. The molecule has 1 atom stereocenters. The van der Waals surface area contributed by atoms with Crippen molar-refractivity contribution in [3.63, 3.8) is 0 Å². The second-order valence-electron chi connectivity index (χ2n) is 4.47. The molecule has 2 rings (SSSR count). The molecule has 0 amide bonds. The van der Waals surface area contributed by atoms with Crippen LogP contribution < -0.4 is 5.73 Å². The Morgan fingerprint density at radius 3 is 2.57 bits per heavy atom. The number of hydrogen-bond donors (Lipinski definition) is 1. The third kappa shape index (κ3) is 3.15. The van der Waals surface area contributed by atoms with Crippen molar-refractivity contribution in [2.75, 3.05) is 0 Å². The molecule has 0 heterocycles. The predicted octanol–water partition coefficient (Wildman–Crippen LogP) is 2.75. The summed E-state index contributed by atoms with van der Waals surface area (Å²) in [4.78, 5) is 0. The van der Waals surface area contributed by atoms with Gasteiger partial charge in [0.1, 0.15) is 0 Å². The van der Waals surface area contributed by atoms with Gasteiger partial charge in [-0.1, -0.05) is 43.2 Å². The Labute approximate surface area is 86.3 Å². The summed E-state index contributed by atoms with van der Waals surface area (Å²) in [5.74, 6) is 1.01. The Kier molecular flexibility index (Phi) is 3.20. The van der Waals surface area contributed by atoms with Crippen LogP contribution in [-0.4, -0.2) is 6.04 Å². The molecule has 0 aliphatic heterocycles. The molecule has 1 nitrogen and oxygen atoms in total. The molecule has 1 aromatic carbocycles. The SMILES string of the molecule is NC(CCC1CC1)Cc1ccccc1. The molecule has 0 saturated heterocycles. The van der Waals surface area contributed by atoms with Crippen LogP contribution in [0.3, 0.4) is 0 Å². The average molecular weight is 189 g/mol. The first-order valence-corrected chi connectivity index (χ1v) is 5.64. The first-order chi connectivity index (χ1) is 6.84. The normalized spacial score (nSPS) is 18.1. The van der Waals surface area contributed by atoms with Crippen LogP contribution in [0.1, 0.15) is 31.2 Å². The maximum atomic E-state index is 6.08. The molecule has 1 aromatic rings. The Morgan fingerprint density at radius 2 is 1.93 bits per heavy atom. The number of benzene rings is 1. The van der Waals surface area contributed by atoms with Gasteiger partial charge in [-0.25, -0.2) is 0 Å². The summed E-state index contributed by atoms with van der Waals surface area (Å²) in [5, 5.41) is 0. The minimum atomic E-state index is 0.359. The van der Waals surface area contributed by atoms with Crippen molar-refractivity contribution in [3.8, 4) is 0 Å². The van der Waals surface area contributed by atoms with Crippen LogP contribution in [0.4, 0.5) is 0 Å². The van der Waals surface area contributed by atoms with Crippen molar-refractivity contribution in [2.24, 2.45) is 11.7 Å². The van der Waals surface area contributed by atoms with Gasteiger partial charge in [-0.15, -0.1) is 0 Å². The molecule has 1 heteroatoms. The standard InChI is InChI=1S/C13H19N/c14-13(9-8-11-6-7-11)10-12-4-2-1-3-5-12/h1-5,11,13H,6-10,14H2. The molecule has 1 fully saturated rings. The zero-order valence-electron chi connectivity index (χ0n) is 8.65. The lowest BCUT2D eigenvalue weighted by molar-refractivity contribution is 0.551. The van der Waals surface area contributed by atoms with Crippen molar-refractivity contribution >= 4 is 0 Å². The lowest BCUT2D eigenvalue weighted by Gasteiger charge is -2.10. The molecular weight excluding hydrogens is 170 g/mol. The van der Waals surface area contributed by atoms with Crippen LogP contribution in [0.15, 0.2) is 30.3 Å². The van der Waals surface area contributed by atoms with E-state index in [1.54, 1.807) is 0 Å². The second-order valence-corrected chi connectivity index (χ2v) is 4.47. The highest BCUT2D eigenvalue weighted by Gasteiger charge is 2.21. The van der Waals surface area contributed by atoms with Gasteiger partial charge in [0, 0.05) is 6.04 Å². The summed E-state index contributed by atoms with van der Waals surface area (Å²) in [5.41, 5.74) is 7.45. The highest BCUT2D eigenvalue weighted by Crippen LogP contribution is 2.33. The van der Waals surface area contributed by atoms with Gasteiger partial charge < -0.3 is 5.73 Å². The van der Waals surface area contributed by atoms with E-state index in [2.05, 4.69) is 30.3 Å². The van der Waals surface area contributed by atoms with E-state index >= 15 is 0 Å². The first-order valence-electron chi connectivity index (χ1n) is 5.64. The van der Waals surface area contributed by atoms with Crippen LogP contribution in [-0.2, 0) is 6.42 Å². The number of rotatable bonds is 5. The minimum Gasteiger partial charge on any atom is -0.327 e. The summed E-state index contributed by atoms with van der Waals surface area (Å²) in [6, 6.07) is 10.9. The van der Waals surface area contributed by atoms with E-state index < -0.39 is 0 Å². The molecule has 0 aromatic heterocycles. The fraction of sp³-hybridized carbons (Fsp3) is 0.538. The van der Waals surface area contributed by atoms with Gasteiger partial charge in [-0.2, -0.15) is 0 Å². The van der Waals surface area contributed by atoms with Gasteiger partial charge in [0.25, 0.3) is 0 Å². The third-order valence-corrected chi connectivity index (χ3v) is 2.98. The third-order valence-electron chi connectivity index (χ3n) is 2.98. The van der Waals surface area contributed by atoms with Crippen molar-refractivity contribution in [1.29, 1.82) is 0 Å². The van der Waals surface area contributed by atoms with Crippen molar-refractivity contribution in [1.82, 2.24) is 0 Å². The topological polar surface area (TPSA) is 26.0 Å². The van der Waals surface area contributed by atoms with Crippen LogP contribution in [0.2, 0.25) is 0 Å². The van der Waals surface area contributed by atoms with Gasteiger partial charge in [-0.05, 0) is 30.7 Å². The van der Waals surface area contributed by atoms with E-state index in [0.717, 1.165) is 12.3 Å². The van der Waals surface area contributed by atoms with E-state index in [-0.39, 0.29) is 0 Å². The smallest absolute Gasteiger partial charge is 0.00794 e. The van der Waals surface area contributed by atoms with E-state index in [0.29, 0.717) is 6.04 Å². The van der Waals surface area contributed by atoms with Crippen LogP contribution in [0.5, 0.6) is 0 Å². The quantitative estimate of drug-likeness (QED) is 0.757. The van der Waals surface area contributed by atoms with Crippen LogP contribution in [0.25, 0.3) is 0 Å². The second kappa shape index (κ2) is 4.61. The summed E-state index contributed by atoms with van der Waals surface area (Å²) < 4.78 is 0. The zero-order chi connectivity index (χ0) is 9.80. The largest absolute Gasteiger partial charge is 0.327 e. The van der Waals surface area contributed by atoms with Crippen LogP contribution in [0, 0.1) is 5.92 Å². The summed E-state index contributed by atoms with van der Waals surface area (Å²) in [7, 11) is 0. The maximum Gasteiger partial charge on any atom is 0.00794 e. The lowest BCUT2D eigenvalue weighted by Crippen LogP contribution is -2.22. The number of hydrogen-bond acceptors (Lipinski definition) is 1. The molecule has 1 aliphatic carbocycles. The van der Waals surface area contributed by atoms with Gasteiger partial charge in [0.2, 0.25) is 0 Å². The van der Waals surface area contributed by atoms with Gasteiger partial charge in [-0.3, -0.25) is 0 Å². The Balaban J connectivity index is 1.73. The van der Waals surface area contributed by atoms with Crippen molar-refractivity contribution in [3.05, 3.63) is 35.9 Å². The molecule has 0 radical (unpaired) electrons. The predicted molar refractivity (Wildman–Crippen MR) is 60.1 cm³/mol. The summed E-state index contributed by atoms with van der Waals surface area (Å²) in [6.45, 7) is 0. The lowest BCUT2D eigenvalue weighted by atomic mass is 10.0. The molecule has 1 unspecified atom stereocenters. The van der Waals surface area contributed by atoms with Crippen molar-refractivity contribution in [2.45, 2.75) is 38.1 Å². The first kappa shape index (κ1) is 9.72. The summed E-state index contributed by atoms with van der Waals surface area (Å²) >= 11 is 0. The Morgan fingerprint density at radius 1 is 1.21 bits per heavy atom. The van der Waals surface area contributed by atoms with Gasteiger partial charge in [0.15, 0.2) is 0 Å². The summed E-state index contributed by atoms with van der Waals surface area (Å²) in [6.07, 6.45) is 6.46. The Hall–Kier alpha value is -0.820. The molecular formula is C13H19N. The molecule has 0 bridgehead atoms. The molecule has 2 N–H and O–H groups in total. The van der Waals surface area contributed by atoms with Gasteiger partial charge in [0.05, 0.1) is 0 Å². The molecule has 0 spiro atoms. The molecule has 76 valence electrons. The number of nitrogens with two attached hydrogens (primary N) is 1. The van der Waals surface area contributed by atoms with E-state index in [9.17, 15) is 0 Å². The van der Waals surface area contributed by atoms with Crippen molar-refractivity contribution < 1.29 is 0 Å². The van der Waals surface area contributed by atoms with Gasteiger partial charge >= 0.3 is 0 Å². The molecule has 1 aliphatic rings.